The van der Waals surface area contributed by atoms with E-state index in [0.29, 0.717) is 30.1 Å². The highest BCUT2D eigenvalue weighted by Gasteiger charge is 2.17. The van der Waals surface area contributed by atoms with Crippen LogP contribution in [-0.2, 0) is 11.3 Å². The average molecular weight is 361 g/mol. The lowest BCUT2D eigenvalue weighted by Crippen LogP contribution is -2.32. The highest BCUT2D eigenvalue weighted by atomic mass is 35.5. The first-order valence-electron chi connectivity index (χ1n) is 8.45. The summed E-state index contributed by atoms with van der Waals surface area (Å²) < 4.78 is 1.67. The molecule has 2 aromatic rings. The molecule has 2 heterocycles. The zero-order valence-corrected chi connectivity index (χ0v) is 14.7. The van der Waals surface area contributed by atoms with E-state index in [1.165, 1.54) is 6.20 Å². The highest BCUT2D eigenvalue weighted by molar-refractivity contribution is 6.31. The van der Waals surface area contributed by atoms with Crippen molar-refractivity contribution < 1.29 is 9.59 Å². The van der Waals surface area contributed by atoms with E-state index in [2.05, 4.69) is 10.4 Å². The number of halogens is 1. The Balaban J connectivity index is 1.49. The highest BCUT2D eigenvalue weighted by Crippen LogP contribution is 2.16. The molecule has 1 saturated heterocycles. The summed E-state index contributed by atoms with van der Waals surface area (Å²) in [7, 11) is 0. The van der Waals surface area contributed by atoms with Crippen LogP contribution in [0.25, 0.3) is 0 Å². The minimum Gasteiger partial charge on any atom is -0.351 e. The summed E-state index contributed by atoms with van der Waals surface area (Å²) in [6, 6.07) is 7.53. The van der Waals surface area contributed by atoms with E-state index in [-0.39, 0.29) is 11.8 Å². The maximum absolute atomic E-state index is 12.2. The number of nitrogens with one attached hydrogen (secondary N) is 1. The van der Waals surface area contributed by atoms with Gasteiger partial charge >= 0.3 is 0 Å². The van der Waals surface area contributed by atoms with Gasteiger partial charge in [0, 0.05) is 37.3 Å². The molecule has 1 aromatic heterocycles. The van der Waals surface area contributed by atoms with E-state index >= 15 is 0 Å². The van der Waals surface area contributed by atoms with Crippen LogP contribution in [-0.4, -0.2) is 46.1 Å². The number of amides is 2. The molecule has 0 aliphatic carbocycles. The van der Waals surface area contributed by atoms with Crippen molar-refractivity contribution in [1.82, 2.24) is 20.0 Å². The Morgan fingerprint density at radius 2 is 1.96 bits per heavy atom. The van der Waals surface area contributed by atoms with Gasteiger partial charge in [0.2, 0.25) is 5.91 Å². The molecule has 0 spiro atoms. The first kappa shape index (κ1) is 17.5. The van der Waals surface area contributed by atoms with Gasteiger partial charge in [0.25, 0.3) is 5.91 Å². The summed E-state index contributed by atoms with van der Waals surface area (Å²) in [6.45, 7) is 2.51. The van der Waals surface area contributed by atoms with E-state index in [0.717, 1.165) is 31.5 Å². The topological polar surface area (TPSA) is 67.2 Å². The summed E-state index contributed by atoms with van der Waals surface area (Å²) in [4.78, 5) is 26.0. The molecule has 7 heteroatoms. The van der Waals surface area contributed by atoms with Gasteiger partial charge in [0.1, 0.15) is 0 Å². The van der Waals surface area contributed by atoms with Crippen LogP contribution in [0.2, 0.25) is 5.02 Å². The summed E-state index contributed by atoms with van der Waals surface area (Å²) >= 11 is 6.14. The molecular formula is C18H21ClN4O2. The number of carbonyl (C=O) groups is 2. The molecule has 6 nitrogen and oxygen atoms in total. The number of nitrogens with zero attached hydrogens (tertiary/aromatic N) is 3. The molecule has 25 heavy (non-hydrogen) atoms. The fraction of sp³-hybridized carbons (Fsp3) is 0.389. The zero-order valence-electron chi connectivity index (χ0n) is 13.9. The minimum absolute atomic E-state index is 0.104. The van der Waals surface area contributed by atoms with Crippen LogP contribution in [0.3, 0.4) is 0 Å². The third-order valence-corrected chi connectivity index (χ3v) is 4.64. The first-order chi connectivity index (χ1) is 12.1. The van der Waals surface area contributed by atoms with Crippen molar-refractivity contribution in [2.45, 2.75) is 25.8 Å². The fourth-order valence-electron chi connectivity index (χ4n) is 2.88. The normalized spacial score (nSPS) is 13.9. The summed E-state index contributed by atoms with van der Waals surface area (Å²) in [5, 5.41) is 7.65. The standard InChI is InChI=1S/C18H21ClN4O2/c19-16-6-2-1-5-14(16)12-23-13-15(11-21-23)18(25)20-8-7-17(24)22-9-3-4-10-22/h1-2,5-6,11,13H,3-4,7-10,12H2,(H,20,25). The Morgan fingerprint density at radius 3 is 2.72 bits per heavy atom. The van der Waals surface area contributed by atoms with E-state index in [1.807, 2.05) is 29.2 Å². The predicted molar refractivity (Wildman–Crippen MR) is 95.5 cm³/mol. The zero-order chi connectivity index (χ0) is 17.6. The van der Waals surface area contributed by atoms with E-state index < -0.39 is 0 Å². The van der Waals surface area contributed by atoms with Crippen LogP contribution in [0.4, 0.5) is 0 Å². The van der Waals surface area contributed by atoms with Gasteiger partial charge in [-0.25, -0.2) is 0 Å². The third-order valence-electron chi connectivity index (χ3n) is 4.27. The SMILES string of the molecule is O=C(NCCC(=O)N1CCCC1)c1cnn(Cc2ccccc2Cl)c1. The molecule has 0 unspecified atom stereocenters. The third kappa shape index (κ3) is 4.60. The second-order valence-corrected chi connectivity index (χ2v) is 6.52. The van der Waals surface area contributed by atoms with Crippen molar-refractivity contribution in [3.8, 4) is 0 Å². The van der Waals surface area contributed by atoms with Crippen molar-refractivity contribution in [3.63, 3.8) is 0 Å². The van der Waals surface area contributed by atoms with Gasteiger partial charge in [-0.05, 0) is 24.5 Å². The molecule has 0 saturated carbocycles. The number of hydrogen-bond acceptors (Lipinski definition) is 3. The van der Waals surface area contributed by atoms with Crippen molar-refractivity contribution in [1.29, 1.82) is 0 Å². The van der Waals surface area contributed by atoms with Gasteiger partial charge in [-0.1, -0.05) is 29.8 Å². The summed E-state index contributed by atoms with van der Waals surface area (Å²) in [6.07, 6.45) is 5.68. The van der Waals surface area contributed by atoms with Crippen molar-refractivity contribution in [2.75, 3.05) is 19.6 Å². The average Bonchev–Trinajstić information content (AvgIpc) is 3.28. The van der Waals surface area contributed by atoms with Gasteiger partial charge in [-0.3, -0.25) is 14.3 Å². The first-order valence-corrected chi connectivity index (χ1v) is 8.83. The van der Waals surface area contributed by atoms with Crippen LogP contribution >= 0.6 is 11.6 Å². The lowest BCUT2D eigenvalue weighted by atomic mass is 10.2. The second-order valence-electron chi connectivity index (χ2n) is 6.11. The van der Waals surface area contributed by atoms with Crippen molar-refractivity contribution >= 4 is 23.4 Å². The van der Waals surface area contributed by atoms with E-state index in [9.17, 15) is 9.59 Å². The molecular weight excluding hydrogens is 340 g/mol. The van der Waals surface area contributed by atoms with Gasteiger partial charge in [-0.15, -0.1) is 0 Å². The fourth-order valence-corrected chi connectivity index (χ4v) is 3.07. The van der Waals surface area contributed by atoms with Crippen LogP contribution in [0.1, 0.15) is 35.2 Å². The second kappa shape index (κ2) is 8.16. The maximum Gasteiger partial charge on any atom is 0.254 e. The Bertz CT molecular complexity index is 753. The predicted octanol–water partition coefficient (Wildman–Crippen LogP) is 2.33. The molecule has 2 amide bonds. The quantitative estimate of drug-likeness (QED) is 0.859. The molecule has 1 aliphatic heterocycles. The number of likely N-dealkylation sites (tertiary alicyclic amines) is 1. The molecule has 0 bridgehead atoms. The largest absolute Gasteiger partial charge is 0.351 e. The lowest BCUT2D eigenvalue weighted by molar-refractivity contribution is -0.129. The van der Waals surface area contributed by atoms with Gasteiger partial charge in [0.05, 0.1) is 18.3 Å². The van der Waals surface area contributed by atoms with Gasteiger partial charge < -0.3 is 10.2 Å². The molecule has 0 atom stereocenters. The van der Waals surface area contributed by atoms with E-state index in [4.69, 9.17) is 11.6 Å². The van der Waals surface area contributed by atoms with Crippen molar-refractivity contribution in [3.05, 3.63) is 52.8 Å². The number of hydrogen-bond donors (Lipinski definition) is 1. The van der Waals surface area contributed by atoms with Crippen molar-refractivity contribution in [2.24, 2.45) is 0 Å². The Hall–Kier alpha value is -2.34. The number of benzene rings is 1. The smallest absolute Gasteiger partial charge is 0.254 e. The summed E-state index contributed by atoms with van der Waals surface area (Å²) in [5.74, 6) is -0.119. The molecule has 0 radical (unpaired) electrons. The number of rotatable bonds is 6. The number of carbonyl (C=O) groups excluding carboxylic acids is 2. The summed E-state index contributed by atoms with van der Waals surface area (Å²) in [5.41, 5.74) is 1.41. The van der Waals surface area contributed by atoms with Crippen LogP contribution in [0.5, 0.6) is 0 Å². The monoisotopic (exact) mass is 360 g/mol. The van der Waals surface area contributed by atoms with Crippen LogP contribution in [0.15, 0.2) is 36.7 Å². The van der Waals surface area contributed by atoms with Crippen LogP contribution in [0, 0.1) is 0 Å². The maximum atomic E-state index is 12.2. The van der Waals surface area contributed by atoms with Gasteiger partial charge in [0.15, 0.2) is 0 Å². The molecule has 132 valence electrons. The Kier molecular flexibility index (Phi) is 5.71. The minimum atomic E-state index is -0.223. The molecule has 1 aliphatic rings. The molecule has 3 rings (SSSR count). The molecule has 1 fully saturated rings. The van der Waals surface area contributed by atoms with Crippen LogP contribution < -0.4 is 5.32 Å². The van der Waals surface area contributed by atoms with E-state index in [1.54, 1.807) is 10.9 Å². The Labute approximate surface area is 151 Å². The number of aromatic nitrogens is 2. The lowest BCUT2D eigenvalue weighted by Gasteiger charge is -2.14. The molecule has 1 aromatic carbocycles. The Morgan fingerprint density at radius 1 is 1.20 bits per heavy atom. The van der Waals surface area contributed by atoms with Gasteiger partial charge in [-0.2, -0.15) is 5.10 Å². The molecule has 1 N–H and O–H groups in total.